The smallest absolute Gasteiger partial charge is 0.259 e. The van der Waals surface area contributed by atoms with E-state index in [0.29, 0.717) is 12.2 Å². The molecule has 2 rings (SSSR count). The highest BCUT2D eigenvalue weighted by Gasteiger charge is 2.13. The van der Waals surface area contributed by atoms with Crippen molar-refractivity contribution in [2.45, 2.75) is 13.5 Å². The second-order valence-electron chi connectivity index (χ2n) is 5.19. The van der Waals surface area contributed by atoms with Gasteiger partial charge in [-0.25, -0.2) is 4.39 Å². The van der Waals surface area contributed by atoms with Crippen molar-refractivity contribution in [2.24, 2.45) is 0 Å². The van der Waals surface area contributed by atoms with Gasteiger partial charge in [0.15, 0.2) is 0 Å². The average molecular weight is 316 g/mol. The lowest BCUT2D eigenvalue weighted by Crippen LogP contribution is -2.23. The van der Waals surface area contributed by atoms with Gasteiger partial charge in [0, 0.05) is 26.2 Å². The number of benzene rings is 2. The lowest BCUT2D eigenvalue weighted by Gasteiger charge is -2.15. The largest absolute Gasteiger partial charge is 0.507 e. The third kappa shape index (κ3) is 4.29. The number of hydrogen-bond donors (Lipinski definition) is 2. The van der Waals surface area contributed by atoms with Crippen LogP contribution in [0, 0.1) is 5.82 Å². The molecular weight excluding hydrogens is 299 g/mol. The minimum absolute atomic E-state index is 0.0656. The molecule has 0 radical (unpaired) electrons. The maximum Gasteiger partial charge on any atom is 0.259 e. The molecule has 6 heteroatoms. The predicted molar refractivity (Wildman–Crippen MR) is 84.6 cm³/mol. The molecule has 0 aliphatic carbocycles. The third-order valence-corrected chi connectivity index (χ3v) is 3.35. The molecule has 0 aliphatic heterocycles. The van der Waals surface area contributed by atoms with Crippen molar-refractivity contribution in [2.75, 3.05) is 12.4 Å². The van der Waals surface area contributed by atoms with Crippen LogP contribution in [0.15, 0.2) is 42.5 Å². The van der Waals surface area contributed by atoms with Crippen LogP contribution in [0.25, 0.3) is 0 Å². The van der Waals surface area contributed by atoms with Crippen LogP contribution in [0.3, 0.4) is 0 Å². The zero-order valence-electron chi connectivity index (χ0n) is 12.8. The highest BCUT2D eigenvalue weighted by atomic mass is 19.1. The van der Waals surface area contributed by atoms with Crippen molar-refractivity contribution in [3.8, 4) is 5.75 Å². The van der Waals surface area contributed by atoms with Crippen LogP contribution in [0.5, 0.6) is 5.75 Å². The fourth-order valence-corrected chi connectivity index (χ4v) is 2.02. The summed E-state index contributed by atoms with van der Waals surface area (Å²) in [5, 5.41) is 12.2. The first-order chi connectivity index (χ1) is 10.9. The summed E-state index contributed by atoms with van der Waals surface area (Å²) < 4.78 is 13.2. The molecule has 2 aromatic carbocycles. The standard InChI is InChI=1S/C17H17FN2O3/c1-11(21)20(2)10-12-4-3-5-14(8-12)19-17(23)15-9-13(18)6-7-16(15)22/h3-9,22H,10H2,1-2H3,(H,19,23). The second kappa shape index (κ2) is 6.91. The Bertz CT molecular complexity index is 746. The number of nitrogens with zero attached hydrogens (tertiary/aromatic N) is 1. The molecule has 0 saturated heterocycles. The number of carbonyl (C=O) groups is 2. The summed E-state index contributed by atoms with van der Waals surface area (Å²) in [6.07, 6.45) is 0. The second-order valence-corrected chi connectivity index (χ2v) is 5.19. The number of halogens is 1. The van der Waals surface area contributed by atoms with Crippen molar-refractivity contribution in [1.29, 1.82) is 0 Å². The van der Waals surface area contributed by atoms with E-state index in [1.54, 1.807) is 30.1 Å². The molecule has 0 heterocycles. The molecule has 0 saturated carbocycles. The Morgan fingerprint density at radius 1 is 1.22 bits per heavy atom. The van der Waals surface area contributed by atoms with Crippen LogP contribution >= 0.6 is 0 Å². The first kappa shape index (κ1) is 16.5. The van der Waals surface area contributed by atoms with Crippen molar-refractivity contribution in [3.05, 3.63) is 59.4 Å². The van der Waals surface area contributed by atoms with Gasteiger partial charge in [-0.1, -0.05) is 12.1 Å². The molecule has 23 heavy (non-hydrogen) atoms. The first-order valence-electron chi connectivity index (χ1n) is 6.97. The van der Waals surface area contributed by atoms with Gasteiger partial charge in [0.25, 0.3) is 5.91 Å². The van der Waals surface area contributed by atoms with E-state index in [1.807, 2.05) is 6.07 Å². The number of phenolic OH excluding ortho intramolecular Hbond substituents is 1. The summed E-state index contributed by atoms with van der Waals surface area (Å²) in [7, 11) is 1.68. The SMILES string of the molecule is CC(=O)N(C)Cc1cccc(NC(=O)c2cc(F)ccc2O)c1. The molecule has 0 bridgehead atoms. The van der Waals surface area contributed by atoms with Gasteiger partial charge in [0.1, 0.15) is 11.6 Å². The van der Waals surface area contributed by atoms with E-state index < -0.39 is 11.7 Å². The molecule has 0 aromatic heterocycles. The lowest BCUT2D eigenvalue weighted by molar-refractivity contribution is -0.128. The normalized spacial score (nSPS) is 10.2. The Hall–Kier alpha value is -2.89. The van der Waals surface area contributed by atoms with Crippen molar-refractivity contribution >= 4 is 17.5 Å². The molecule has 0 fully saturated rings. The van der Waals surface area contributed by atoms with Crippen LogP contribution in [0.4, 0.5) is 10.1 Å². The van der Waals surface area contributed by atoms with Gasteiger partial charge < -0.3 is 15.3 Å². The zero-order valence-corrected chi connectivity index (χ0v) is 12.8. The molecule has 0 unspecified atom stereocenters. The molecule has 2 amide bonds. The molecule has 2 aromatic rings. The fraction of sp³-hybridized carbons (Fsp3) is 0.176. The first-order valence-corrected chi connectivity index (χ1v) is 6.97. The maximum absolute atomic E-state index is 13.2. The molecule has 5 nitrogen and oxygen atoms in total. The van der Waals surface area contributed by atoms with Crippen molar-refractivity contribution in [1.82, 2.24) is 4.90 Å². The van der Waals surface area contributed by atoms with Crippen molar-refractivity contribution < 1.29 is 19.1 Å². The highest BCUT2D eigenvalue weighted by molar-refractivity contribution is 6.06. The Labute approximate surface area is 133 Å². The maximum atomic E-state index is 13.2. The van der Waals surface area contributed by atoms with Gasteiger partial charge >= 0.3 is 0 Å². The Morgan fingerprint density at radius 2 is 1.96 bits per heavy atom. The van der Waals surface area contributed by atoms with E-state index in [9.17, 15) is 19.1 Å². The number of hydrogen-bond acceptors (Lipinski definition) is 3. The number of rotatable bonds is 4. The quantitative estimate of drug-likeness (QED) is 0.911. The number of aromatic hydroxyl groups is 1. The Balaban J connectivity index is 2.15. The Morgan fingerprint density at radius 3 is 2.65 bits per heavy atom. The zero-order chi connectivity index (χ0) is 17.0. The average Bonchev–Trinajstić information content (AvgIpc) is 2.49. The van der Waals surface area contributed by atoms with Crippen LogP contribution in [0.1, 0.15) is 22.8 Å². The van der Waals surface area contributed by atoms with Gasteiger partial charge in [0.05, 0.1) is 5.56 Å². The number of phenols is 1. The van der Waals surface area contributed by atoms with Crippen LogP contribution in [-0.2, 0) is 11.3 Å². The molecule has 0 aliphatic rings. The summed E-state index contributed by atoms with van der Waals surface area (Å²) in [5.74, 6) is -1.58. The number of anilines is 1. The number of nitrogens with one attached hydrogen (secondary N) is 1. The summed E-state index contributed by atoms with van der Waals surface area (Å²) in [6.45, 7) is 1.88. The molecule has 0 spiro atoms. The lowest BCUT2D eigenvalue weighted by atomic mass is 10.1. The van der Waals surface area contributed by atoms with E-state index >= 15 is 0 Å². The number of amides is 2. The van der Waals surface area contributed by atoms with E-state index in [2.05, 4.69) is 5.32 Å². The minimum atomic E-state index is -0.612. The third-order valence-electron chi connectivity index (χ3n) is 3.35. The summed E-state index contributed by atoms with van der Waals surface area (Å²) in [5.41, 5.74) is 1.19. The molecular formula is C17H17FN2O3. The van der Waals surface area contributed by atoms with Crippen LogP contribution in [-0.4, -0.2) is 28.9 Å². The van der Waals surface area contributed by atoms with E-state index in [-0.39, 0.29) is 17.2 Å². The van der Waals surface area contributed by atoms with E-state index in [1.165, 1.54) is 6.92 Å². The summed E-state index contributed by atoms with van der Waals surface area (Å²) in [6, 6.07) is 10.1. The molecule has 120 valence electrons. The minimum Gasteiger partial charge on any atom is -0.507 e. The van der Waals surface area contributed by atoms with Gasteiger partial charge in [-0.2, -0.15) is 0 Å². The molecule has 0 atom stereocenters. The summed E-state index contributed by atoms with van der Waals surface area (Å²) in [4.78, 5) is 24.9. The highest BCUT2D eigenvalue weighted by Crippen LogP contribution is 2.20. The van der Waals surface area contributed by atoms with E-state index in [0.717, 1.165) is 23.8 Å². The van der Waals surface area contributed by atoms with E-state index in [4.69, 9.17) is 0 Å². The fourth-order valence-electron chi connectivity index (χ4n) is 2.02. The van der Waals surface area contributed by atoms with Crippen LogP contribution in [0.2, 0.25) is 0 Å². The van der Waals surface area contributed by atoms with Gasteiger partial charge in [0.2, 0.25) is 5.91 Å². The van der Waals surface area contributed by atoms with Crippen LogP contribution < -0.4 is 5.32 Å². The van der Waals surface area contributed by atoms with Crippen molar-refractivity contribution in [3.63, 3.8) is 0 Å². The Kier molecular flexibility index (Phi) is 4.95. The molecule has 2 N–H and O–H groups in total. The topological polar surface area (TPSA) is 69.6 Å². The summed E-state index contributed by atoms with van der Waals surface area (Å²) >= 11 is 0. The predicted octanol–water partition coefficient (Wildman–Crippen LogP) is 2.76. The van der Waals surface area contributed by atoms with Gasteiger partial charge in [-0.05, 0) is 35.9 Å². The van der Waals surface area contributed by atoms with Gasteiger partial charge in [-0.3, -0.25) is 9.59 Å². The van der Waals surface area contributed by atoms with Gasteiger partial charge in [-0.15, -0.1) is 0 Å². The monoisotopic (exact) mass is 316 g/mol. The number of carbonyl (C=O) groups excluding carboxylic acids is 2.